The third kappa shape index (κ3) is 3.26. The summed E-state index contributed by atoms with van der Waals surface area (Å²) in [7, 11) is -2.85. The van der Waals surface area contributed by atoms with Gasteiger partial charge in [0.25, 0.3) is 8.32 Å². The maximum absolute atomic E-state index is 12.1. The third-order valence-corrected chi connectivity index (χ3v) is 9.99. The minimum Gasteiger partial charge on any atom is -0.424 e. The van der Waals surface area contributed by atoms with Crippen LogP contribution in [0.3, 0.4) is 0 Å². The predicted molar refractivity (Wildman–Crippen MR) is 105 cm³/mol. The van der Waals surface area contributed by atoms with Gasteiger partial charge >= 0.3 is 0 Å². The Morgan fingerprint density at radius 1 is 0.958 bits per heavy atom. The lowest BCUT2D eigenvalue weighted by molar-refractivity contribution is 0.397. The van der Waals surface area contributed by atoms with Gasteiger partial charge in [-0.1, -0.05) is 86.7 Å². The molecule has 2 aromatic rings. The highest BCUT2D eigenvalue weighted by Gasteiger charge is 2.50. The van der Waals surface area contributed by atoms with Gasteiger partial charge in [0.15, 0.2) is 0 Å². The number of hydrogen-bond donors (Lipinski definition) is 1. The molecule has 1 atom stereocenters. The van der Waals surface area contributed by atoms with Crippen molar-refractivity contribution in [2.45, 2.75) is 44.6 Å². The van der Waals surface area contributed by atoms with Crippen molar-refractivity contribution in [3.8, 4) is 0 Å². The van der Waals surface area contributed by atoms with Crippen LogP contribution < -0.4 is 10.4 Å². The van der Waals surface area contributed by atoms with Crippen molar-refractivity contribution < 1.29 is 4.80 Å². The van der Waals surface area contributed by atoms with Gasteiger partial charge in [-0.15, -0.1) is 0 Å². The van der Waals surface area contributed by atoms with Gasteiger partial charge in [-0.3, -0.25) is 0 Å². The van der Waals surface area contributed by atoms with Crippen LogP contribution in [0.25, 0.3) is 0 Å². The van der Waals surface area contributed by atoms with Crippen LogP contribution in [0.15, 0.2) is 72.8 Å². The number of allylic oxidation sites excluding steroid dienone is 2. The minimum absolute atomic E-state index is 0.137. The molecule has 2 aromatic carbocycles. The van der Waals surface area contributed by atoms with Crippen LogP contribution in [0.4, 0.5) is 0 Å². The van der Waals surface area contributed by atoms with Crippen molar-refractivity contribution in [1.82, 2.24) is 0 Å². The van der Waals surface area contributed by atoms with E-state index in [9.17, 15) is 4.80 Å². The summed E-state index contributed by atoms with van der Waals surface area (Å²) in [6, 6.07) is 20.7. The first-order valence-corrected chi connectivity index (χ1v) is 11.0. The van der Waals surface area contributed by atoms with E-state index in [2.05, 4.69) is 50.3 Å². The summed E-state index contributed by atoms with van der Waals surface area (Å²) in [4.78, 5) is 12.1. The van der Waals surface area contributed by atoms with E-state index in [-0.39, 0.29) is 5.04 Å². The topological polar surface area (TPSA) is 20.2 Å². The van der Waals surface area contributed by atoms with E-state index in [1.54, 1.807) is 0 Å². The Balaban J connectivity index is 2.04. The van der Waals surface area contributed by atoms with Crippen molar-refractivity contribution in [2.24, 2.45) is 5.92 Å². The summed E-state index contributed by atoms with van der Waals surface area (Å²) >= 11 is 0. The molecule has 126 valence electrons. The lowest BCUT2D eigenvalue weighted by Gasteiger charge is -2.43. The van der Waals surface area contributed by atoms with Gasteiger partial charge in [-0.05, 0) is 47.0 Å². The summed E-state index contributed by atoms with van der Waals surface area (Å²) in [5.74, 6) is 0.584. The van der Waals surface area contributed by atoms with Crippen LogP contribution in [-0.2, 0) is 0 Å². The van der Waals surface area contributed by atoms with Crippen LogP contribution in [0, 0.1) is 5.92 Å². The molecule has 0 saturated carbocycles. The van der Waals surface area contributed by atoms with E-state index >= 15 is 0 Å². The van der Waals surface area contributed by atoms with Gasteiger partial charge < -0.3 is 4.80 Å². The lowest BCUT2D eigenvalue weighted by Crippen LogP contribution is -2.65. The molecular formula is C22H28OSi. The first-order valence-electron chi connectivity index (χ1n) is 9.04. The zero-order valence-electron chi connectivity index (χ0n) is 14.8. The first kappa shape index (κ1) is 17.2. The molecule has 3 rings (SSSR count). The molecule has 24 heavy (non-hydrogen) atoms. The molecule has 2 heteroatoms. The van der Waals surface area contributed by atoms with E-state index in [1.165, 1.54) is 19.3 Å². The quantitative estimate of drug-likeness (QED) is 0.639. The summed E-state index contributed by atoms with van der Waals surface area (Å²) < 4.78 is 0. The molecule has 1 N–H and O–H groups in total. The van der Waals surface area contributed by atoms with Gasteiger partial charge in [-0.2, -0.15) is 0 Å². The molecule has 0 heterocycles. The van der Waals surface area contributed by atoms with E-state index in [4.69, 9.17) is 0 Å². The fourth-order valence-electron chi connectivity index (χ4n) is 4.16. The molecule has 0 aliphatic heterocycles. The molecule has 1 nitrogen and oxygen atoms in total. The Kier molecular flexibility index (Phi) is 5.07. The Morgan fingerprint density at radius 3 is 1.96 bits per heavy atom. The van der Waals surface area contributed by atoms with Gasteiger partial charge in [-0.25, -0.2) is 0 Å². The zero-order valence-corrected chi connectivity index (χ0v) is 15.8. The fourth-order valence-corrected chi connectivity index (χ4v) is 7.97. The van der Waals surface area contributed by atoms with E-state index in [0.29, 0.717) is 5.92 Å². The Morgan fingerprint density at radius 2 is 1.50 bits per heavy atom. The van der Waals surface area contributed by atoms with Crippen LogP contribution in [-0.4, -0.2) is 13.1 Å². The molecule has 1 unspecified atom stereocenters. The van der Waals surface area contributed by atoms with E-state index in [1.807, 2.05) is 36.4 Å². The smallest absolute Gasteiger partial charge is 0.258 e. The summed E-state index contributed by atoms with van der Waals surface area (Å²) in [6.45, 7) is 4.53. The van der Waals surface area contributed by atoms with Crippen LogP contribution in [0.1, 0.15) is 39.5 Å². The Labute approximate surface area is 147 Å². The second-order valence-corrected chi connectivity index (χ2v) is 11.6. The maximum Gasteiger partial charge on any atom is 0.258 e. The number of hydrogen-bond acceptors (Lipinski definition) is 1. The molecular weight excluding hydrogens is 308 g/mol. The van der Waals surface area contributed by atoms with Gasteiger partial charge in [0.05, 0.1) is 0 Å². The standard InChI is InChI=1S/C22H28OSi/c1-22(2,18-19-12-6-3-7-13-19)24(23,20-14-8-4-9-15-20)21-16-10-5-11-17-21/h4-6,8-12,14-17,19,23H,3,7,13,18H2,1-2H3. The molecule has 0 saturated heterocycles. The first-order chi connectivity index (χ1) is 11.5. The SMILES string of the molecule is CC(C)(CC1C=CCCC1)[Si](O)(c1ccccc1)c1ccccc1. The van der Waals surface area contributed by atoms with Gasteiger partial charge in [0.2, 0.25) is 0 Å². The molecule has 0 amide bonds. The second kappa shape index (κ2) is 7.08. The molecule has 1 aliphatic rings. The highest BCUT2D eigenvalue weighted by molar-refractivity contribution is 6.98. The number of rotatable bonds is 5. The third-order valence-electron chi connectivity index (χ3n) is 5.49. The van der Waals surface area contributed by atoms with Crippen LogP contribution in [0.2, 0.25) is 5.04 Å². The monoisotopic (exact) mass is 336 g/mol. The Hall–Kier alpha value is -1.64. The van der Waals surface area contributed by atoms with Crippen LogP contribution in [0.5, 0.6) is 0 Å². The molecule has 1 aliphatic carbocycles. The lowest BCUT2D eigenvalue weighted by atomic mass is 9.88. The van der Waals surface area contributed by atoms with Gasteiger partial charge in [0.1, 0.15) is 0 Å². The molecule has 0 aromatic heterocycles. The van der Waals surface area contributed by atoms with E-state index in [0.717, 1.165) is 16.8 Å². The maximum atomic E-state index is 12.1. The average molecular weight is 337 g/mol. The molecule has 0 spiro atoms. The average Bonchev–Trinajstić information content (AvgIpc) is 2.63. The normalized spacial score (nSPS) is 18.5. The second-order valence-electron chi connectivity index (χ2n) is 7.65. The van der Waals surface area contributed by atoms with E-state index < -0.39 is 8.32 Å². The predicted octanol–water partition coefficient (Wildman–Crippen LogP) is 4.27. The van der Waals surface area contributed by atoms with Crippen molar-refractivity contribution in [3.63, 3.8) is 0 Å². The summed E-state index contributed by atoms with van der Waals surface area (Å²) in [5.41, 5.74) is 0. The molecule has 0 radical (unpaired) electrons. The fraction of sp³-hybridized carbons (Fsp3) is 0.364. The number of benzene rings is 2. The van der Waals surface area contributed by atoms with Crippen LogP contribution >= 0.6 is 0 Å². The highest BCUT2D eigenvalue weighted by atomic mass is 28.4. The zero-order chi connectivity index (χ0) is 17.0. The Bertz CT molecular complexity index is 636. The van der Waals surface area contributed by atoms with Crippen molar-refractivity contribution in [2.75, 3.05) is 0 Å². The summed E-state index contributed by atoms with van der Waals surface area (Å²) in [5, 5.41) is 2.09. The highest BCUT2D eigenvalue weighted by Crippen LogP contribution is 2.43. The minimum atomic E-state index is -2.85. The van der Waals surface area contributed by atoms with Crippen molar-refractivity contribution in [3.05, 3.63) is 72.8 Å². The van der Waals surface area contributed by atoms with Gasteiger partial charge in [0, 0.05) is 0 Å². The van der Waals surface area contributed by atoms with Crippen molar-refractivity contribution >= 4 is 18.7 Å². The van der Waals surface area contributed by atoms with Crippen molar-refractivity contribution in [1.29, 1.82) is 0 Å². The summed E-state index contributed by atoms with van der Waals surface area (Å²) in [6.07, 6.45) is 9.44. The largest absolute Gasteiger partial charge is 0.424 e. The molecule has 0 fully saturated rings. The molecule has 0 bridgehead atoms.